The zero-order valence-electron chi connectivity index (χ0n) is 17.8. The maximum absolute atomic E-state index is 13.7. The molecule has 160 valence electrons. The summed E-state index contributed by atoms with van der Waals surface area (Å²) in [5.74, 6) is 1.55. The summed E-state index contributed by atoms with van der Waals surface area (Å²) >= 11 is 0. The molecule has 2 fully saturated rings. The van der Waals surface area contributed by atoms with E-state index in [0.29, 0.717) is 19.7 Å². The van der Waals surface area contributed by atoms with Crippen molar-refractivity contribution in [1.29, 1.82) is 0 Å². The second-order valence-electron chi connectivity index (χ2n) is 7.96. The van der Waals surface area contributed by atoms with Gasteiger partial charge in [-0.05, 0) is 37.5 Å². The van der Waals surface area contributed by atoms with E-state index in [0.717, 1.165) is 55.1 Å². The Hall–Kier alpha value is -2.57. The lowest BCUT2D eigenvalue weighted by atomic mass is 9.93. The molecule has 2 aromatic carbocycles. The number of benzene rings is 2. The van der Waals surface area contributed by atoms with Crippen LogP contribution in [0.25, 0.3) is 0 Å². The molecule has 0 N–H and O–H groups in total. The van der Waals surface area contributed by atoms with Crippen molar-refractivity contribution in [3.8, 4) is 11.5 Å². The molecule has 2 aromatic rings. The zero-order valence-corrected chi connectivity index (χ0v) is 17.8. The SMILES string of the molecule is COc1cccc(CN2CCOC3(CCCCN(c4ccccc4)C3=O)C2)c1OC. The highest BCUT2D eigenvalue weighted by Gasteiger charge is 2.47. The van der Waals surface area contributed by atoms with Crippen molar-refractivity contribution >= 4 is 11.6 Å². The van der Waals surface area contributed by atoms with Gasteiger partial charge in [0, 0.05) is 37.4 Å². The van der Waals surface area contributed by atoms with Gasteiger partial charge in [0.15, 0.2) is 17.1 Å². The summed E-state index contributed by atoms with van der Waals surface area (Å²) in [7, 11) is 3.31. The van der Waals surface area contributed by atoms with Crippen LogP contribution in [0.4, 0.5) is 5.69 Å². The average molecular weight is 411 g/mol. The van der Waals surface area contributed by atoms with Crippen LogP contribution in [-0.2, 0) is 16.1 Å². The molecule has 0 radical (unpaired) electrons. The van der Waals surface area contributed by atoms with Crippen LogP contribution in [0.5, 0.6) is 11.5 Å². The Morgan fingerprint density at radius 1 is 1.00 bits per heavy atom. The first-order valence-electron chi connectivity index (χ1n) is 10.6. The summed E-state index contributed by atoms with van der Waals surface area (Å²) in [6, 6.07) is 15.8. The molecule has 2 aliphatic heterocycles. The van der Waals surface area contributed by atoms with Crippen LogP contribution >= 0.6 is 0 Å². The predicted octanol–water partition coefficient (Wildman–Crippen LogP) is 3.49. The summed E-state index contributed by atoms with van der Waals surface area (Å²) in [5, 5.41) is 0. The van der Waals surface area contributed by atoms with Gasteiger partial charge in [0.2, 0.25) is 0 Å². The summed E-state index contributed by atoms with van der Waals surface area (Å²) in [6.45, 7) is 3.32. The number of methoxy groups -OCH3 is 2. The Bertz CT molecular complexity index is 873. The van der Waals surface area contributed by atoms with Crippen LogP contribution < -0.4 is 14.4 Å². The van der Waals surface area contributed by atoms with Gasteiger partial charge in [-0.3, -0.25) is 9.69 Å². The molecule has 0 saturated carbocycles. The maximum atomic E-state index is 13.7. The first-order chi connectivity index (χ1) is 14.7. The third-order valence-corrected chi connectivity index (χ3v) is 6.06. The highest BCUT2D eigenvalue weighted by atomic mass is 16.5. The highest BCUT2D eigenvalue weighted by Crippen LogP contribution is 2.35. The standard InChI is InChI=1S/C24H30N2O4/c1-28-21-12-8-9-19(22(21)29-2)17-25-15-16-30-24(18-25)13-6-7-14-26(23(24)27)20-10-4-3-5-11-20/h3-5,8-12H,6-7,13-18H2,1-2H3. The number of hydrogen-bond acceptors (Lipinski definition) is 5. The number of amides is 1. The van der Waals surface area contributed by atoms with Crippen molar-refractivity contribution in [3.05, 3.63) is 54.1 Å². The molecule has 6 nitrogen and oxygen atoms in total. The van der Waals surface area contributed by atoms with Crippen molar-refractivity contribution < 1.29 is 19.0 Å². The Labute approximate surface area is 178 Å². The molecule has 2 saturated heterocycles. The number of ether oxygens (including phenoxy) is 3. The van der Waals surface area contributed by atoms with Gasteiger partial charge in [-0.25, -0.2) is 0 Å². The van der Waals surface area contributed by atoms with Crippen LogP contribution in [0.1, 0.15) is 24.8 Å². The third-order valence-electron chi connectivity index (χ3n) is 6.06. The van der Waals surface area contributed by atoms with E-state index < -0.39 is 5.60 Å². The summed E-state index contributed by atoms with van der Waals surface area (Å²) in [5.41, 5.74) is 1.20. The molecule has 1 spiro atoms. The predicted molar refractivity (Wildman–Crippen MR) is 116 cm³/mol. The second-order valence-corrected chi connectivity index (χ2v) is 7.96. The quantitative estimate of drug-likeness (QED) is 0.755. The normalized spacial score (nSPS) is 22.7. The maximum Gasteiger partial charge on any atom is 0.260 e. The Morgan fingerprint density at radius 3 is 2.60 bits per heavy atom. The highest BCUT2D eigenvalue weighted by molar-refractivity contribution is 6.00. The number of morpholine rings is 1. The van der Waals surface area contributed by atoms with Crippen molar-refractivity contribution in [2.45, 2.75) is 31.4 Å². The fraction of sp³-hybridized carbons (Fsp3) is 0.458. The second kappa shape index (κ2) is 9.06. The molecule has 0 aromatic heterocycles. The lowest BCUT2D eigenvalue weighted by molar-refractivity contribution is -0.158. The lowest BCUT2D eigenvalue weighted by Gasteiger charge is -2.43. The van der Waals surface area contributed by atoms with Crippen LogP contribution in [-0.4, -0.2) is 56.9 Å². The number of carbonyl (C=O) groups is 1. The van der Waals surface area contributed by atoms with Crippen molar-refractivity contribution in [2.75, 3.05) is 45.4 Å². The van der Waals surface area contributed by atoms with Gasteiger partial charge in [-0.1, -0.05) is 30.3 Å². The summed E-state index contributed by atoms with van der Waals surface area (Å²) < 4.78 is 17.3. The molecule has 4 rings (SSSR count). The molecule has 0 aliphatic carbocycles. The average Bonchev–Trinajstić information content (AvgIpc) is 2.93. The molecule has 1 atom stereocenters. The minimum atomic E-state index is -0.795. The first-order valence-corrected chi connectivity index (χ1v) is 10.6. The minimum Gasteiger partial charge on any atom is -0.493 e. The van der Waals surface area contributed by atoms with Gasteiger partial charge < -0.3 is 19.1 Å². The van der Waals surface area contributed by atoms with Gasteiger partial charge in [0.05, 0.1) is 20.8 Å². The number of rotatable bonds is 5. The Balaban J connectivity index is 1.57. The molecule has 0 bridgehead atoms. The zero-order chi connectivity index (χ0) is 21.0. The molecule has 6 heteroatoms. The van der Waals surface area contributed by atoms with E-state index in [1.807, 2.05) is 47.4 Å². The molecule has 2 aliphatic rings. The van der Waals surface area contributed by atoms with E-state index >= 15 is 0 Å². The van der Waals surface area contributed by atoms with Gasteiger partial charge in [-0.2, -0.15) is 0 Å². The van der Waals surface area contributed by atoms with E-state index in [4.69, 9.17) is 14.2 Å². The van der Waals surface area contributed by atoms with E-state index in [2.05, 4.69) is 11.0 Å². The van der Waals surface area contributed by atoms with Gasteiger partial charge in [0.25, 0.3) is 5.91 Å². The monoisotopic (exact) mass is 410 g/mol. The number of carbonyl (C=O) groups excluding carboxylic acids is 1. The van der Waals surface area contributed by atoms with E-state index in [1.165, 1.54) is 0 Å². The molecule has 2 heterocycles. The van der Waals surface area contributed by atoms with Crippen LogP contribution in [0.2, 0.25) is 0 Å². The van der Waals surface area contributed by atoms with Crippen LogP contribution in [0, 0.1) is 0 Å². The smallest absolute Gasteiger partial charge is 0.260 e. The minimum absolute atomic E-state index is 0.0773. The van der Waals surface area contributed by atoms with E-state index in [-0.39, 0.29) is 5.91 Å². The summed E-state index contributed by atoms with van der Waals surface area (Å²) in [4.78, 5) is 17.9. The Morgan fingerprint density at radius 2 is 1.83 bits per heavy atom. The van der Waals surface area contributed by atoms with Crippen LogP contribution in [0.3, 0.4) is 0 Å². The first kappa shape index (κ1) is 20.7. The Kier molecular flexibility index (Phi) is 6.25. The van der Waals surface area contributed by atoms with Gasteiger partial charge >= 0.3 is 0 Å². The van der Waals surface area contributed by atoms with E-state index in [1.54, 1.807) is 14.2 Å². The fourth-order valence-electron chi connectivity index (χ4n) is 4.58. The summed E-state index contributed by atoms with van der Waals surface area (Å²) in [6.07, 6.45) is 2.71. The number of para-hydroxylation sites is 2. The third kappa shape index (κ3) is 4.02. The van der Waals surface area contributed by atoms with Gasteiger partial charge in [0.1, 0.15) is 0 Å². The topological polar surface area (TPSA) is 51.2 Å². The van der Waals surface area contributed by atoms with Crippen molar-refractivity contribution in [2.24, 2.45) is 0 Å². The van der Waals surface area contributed by atoms with Crippen molar-refractivity contribution in [1.82, 2.24) is 4.90 Å². The number of anilines is 1. The number of hydrogen-bond donors (Lipinski definition) is 0. The molecule has 1 amide bonds. The molecule has 30 heavy (non-hydrogen) atoms. The lowest BCUT2D eigenvalue weighted by Crippen LogP contribution is -2.59. The largest absolute Gasteiger partial charge is 0.493 e. The molecule has 1 unspecified atom stereocenters. The number of nitrogens with zero attached hydrogens (tertiary/aromatic N) is 2. The van der Waals surface area contributed by atoms with Crippen LogP contribution in [0.15, 0.2) is 48.5 Å². The molecular formula is C24H30N2O4. The fourth-order valence-corrected chi connectivity index (χ4v) is 4.58. The van der Waals surface area contributed by atoms with E-state index in [9.17, 15) is 4.79 Å². The van der Waals surface area contributed by atoms with Gasteiger partial charge in [-0.15, -0.1) is 0 Å². The van der Waals surface area contributed by atoms with Crippen molar-refractivity contribution in [3.63, 3.8) is 0 Å². The molecular weight excluding hydrogens is 380 g/mol.